The van der Waals surface area contributed by atoms with Crippen LogP contribution in [-0.2, 0) is 4.79 Å². The van der Waals surface area contributed by atoms with Crippen LogP contribution in [0.2, 0.25) is 0 Å². The van der Waals surface area contributed by atoms with Crippen LogP contribution in [0, 0.1) is 19.7 Å². The molecular formula is C21H21FN4O3. The average molecular weight is 396 g/mol. The molecule has 150 valence electrons. The Morgan fingerprint density at radius 1 is 1.14 bits per heavy atom. The van der Waals surface area contributed by atoms with Gasteiger partial charge in [-0.1, -0.05) is 0 Å². The smallest absolute Gasteiger partial charge is 0.277 e. The Bertz CT molecular complexity index is 1010. The fourth-order valence-corrected chi connectivity index (χ4v) is 2.70. The van der Waals surface area contributed by atoms with Gasteiger partial charge in [0, 0.05) is 5.56 Å². The van der Waals surface area contributed by atoms with E-state index in [1.165, 1.54) is 18.3 Å². The fourth-order valence-electron chi connectivity index (χ4n) is 2.70. The minimum atomic E-state index is -0.390. The van der Waals surface area contributed by atoms with Gasteiger partial charge in [0.25, 0.3) is 5.91 Å². The van der Waals surface area contributed by atoms with Crippen molar-refractivity contribution in [3.8, 4) is 17.2 Å². The summed E-state index contributed by atoms with van der Waals surface area (Å²) in [5, 5.41) is 8.44. The highest BCUT2D eigenvalue weighted by molar-refractivity contribution is 5.85. The number of carbonyl (C=O) groups is 1. The molecule has 7 nitrogen and oxygen atoms in total. The molecule has 2 aromatic carbocycles. The van der Waals surface area contributed by atoms with Crippen LogP contribution in [0.1, 0.15) is 17.0 Å². The van der Waals surface area contributed by atoms with Gasteiger partial charge in [0.15, 0.2) is 6.61 Å². The molecule has 1 amide bonds. The number of halogens is 1. The van der Waals surface area contributed by atoms with Crippen LogP contribution < -0.4 is 14.9 Å². The third-order valence-corrected chi connectivity index (χ3v) is 4.23. The maximum Gasteiger partial charge on any atom is 0.277 e. The third-order valence-electron chi connectivity index (χ3n) is 4.23. The van der Waals surface area contributed by atoms with E-state index in [1.807, 2.05) is 13.8 Å². The van der Waals surface area contributed by atoms with Gasteiger partial charge >= 0.3 is 0 Å². The van der Waals surface area contributed by atoms with Crippen LogP contribution in [-0.4, -0.2) is 35.6 Å². The molecule has 0 aliphatic rings. The maximum atomic E-state index is 13.1. The lowest BCUT2D eigenvalue weighted by Gasteiger charge is -2.06. The first-order valence-electron chi connectivity index (χ1n) is 8.89. The van der Waals surface area contributed by atoms with Crippen LogP contribution in [0.4, 0.5) is 4.39 Å². The summed E-state index contributed by atoms with van der Waals surface area (Å²) < 4.78 is 25.3. The third kappa shape index (κ3) is 4.98. The first-order valence-corrected chi connectivity index (χ1v) is 8.89. The molecule has 0 saturated heterocycles. The lowest BCUT2D eigenvalue weighted by molar-refractivity contribution is -0.123. The summed E-state index contributed by atoms with van der Waals surface area (Å²) in [5.74, 6) is 0.561. The molecule has 3 aromatic rings. The zero-order valence-corrected chi connectivity index (χ0v) is 16.3. The summed E-state index contributed by atoms with van der Waals surface area (Å²) in [6.45, 7) is 3.54. The molecule has 0 atom stereocenters. The van der Waals surface area contributed by atoms with E-state index in [2.05, 4.69) is 15.6 Å². The van der Waals surface area contributed by atoms with E-state index < -0.39 is 5.91 Å². The second-order valence-electron chi connectivity index (χ2n) is 6.23. The van der Waals surface area contributed by atoms with Crippen molar-refractivity contribution < 1.29 is 18.7 Å². The standard InChI is InChI=1S/C21H21FN4O3/c1-14-20(15(2)26(25-14)17-6-4-16(22)5-7-17)12-23-24-21(27)13-29-19-10-8-18(28-3)9-11-19/h4-12H,13H2,1-3H3,(H,24,27)/b23-12-. The molecule has 29 heavy (non-hydrogen) atoms. The Morgan fingerprint density at radius 2 is 1.79 bits per heavy atom. The van der Waals surface area contributed by atoms with E-state index in [0.717, 1.165) is 22.6 Å². The lowest BCUT2D eigenvalue weighted by atomic mass is 10.2. The van der Waals surface area contributed by atoms with E-state index in [9.17, 15) is 9.18 Å². The van der Waals surface area contributed by atoms with Crippen molar-refractivity contribution in [3.63, 3.8) is 0 Å². The molecule has 0 spiro atoms. The number of benzene rings is 2. The molecule has 0 unspecified atom stereocenters. The number of carbonyl (C=O) groups excluding carboxylic acids is 1. The maximum absolute atomic E-state index is 13.1. The molecule has 8 heteroatoms. The minimum Gasteiger partial charge on any atom is -0.497 e. The Labute approximate surface area is 167 Å². The predicted octanol–water partition coefficient (Wildman–Crippen LogP) is 3.17. The van der Waals surface area contributed by atoms with Crippen molar-refractivity contribution in [1.29, 1.82) is 0 Å². The first kappa shape index (κ1) is 20.1. The Kier molecular flexibility index (Phi) is 6.23. The number of amides is 1. The molecule has 0 aliphatic heterocycles. The van der Waals surface area contributed by atoms with E-state index in [0.29, 0.717) is 11.5 Å². The van der Waals surface area contributed by atoms with Gasteiger partial charge in [0.1, 0.15) is 17.3 Å². The van der Waals surface area contributed by atoms with Gasteiger partial charge < -0.3 is 9.47 Å². The number of nitrogens with zero attached hydrogens (tertiary/aromatic N) is 3. The molecular weight excluding hydrogens is 375 g/mol. The van der Waals surface area contributed by atoms with Gasteiger partial charge in [0.05, 0.1) is 30.4 Å². The largest absolute Gasteiger partial charge is 0.497 e. The molecule has 1 heterocycles. The molecule has 0 aliphatic carbocycles. The number of methoxy groups -OCH3 is 1. The Balaban J connectivity index is 1.59. The van der Waals surface area contributed by atoms with E-state index in [-0.39, 0.29) is 12.4 Å². The van der Waals surface area contributed by atoms with Gasteiger partial charge in [0.2, 0.25) is 0 Å². The number of ether oxygens (including phenoxy) is 2. The molecule has 0 radical (unpaired) electrons. The van der Waals surface area contributed by atoms with Crippen molar-refractivity contribution >= 4 is 12.1 Å². The summed E-state index contributed by atoms with van der Waals surface area (Å²) in [4.78, 5) is 11.9. The van der Waals surface area contributed by atoms with Crippen LogP contribution in [0.3, 0.4) is 0 Å². The van der Waals surface area contributed by atoms with Gasteiger partial charge in [-0.05, 0) is 62.4 Å². The lowest BCUT2D eigenvalue weighted by Crippen LogP contribution is -2.24. The van der Waals surface area contributed by atoms with Gasteiger partial charge in [-0.3, -0.25) is 4.79 Å². The topological polar surface area (TPSA) is 77.7 Å². The highest BCUT2D eigenvalue weighted by Crippen LogP contribution is 2.17. The zero-order valence-electron chi connectivity index (χ0n) is 16.3. The van der Waals surface area contributed by atoms with Crippen LogP contribution in [0.5, 0.6) is 11.5 Å². The quantitative estimate of drug-likeness (QED) is 0.492. The second kappa shape index (κ2) is 9.01. The van der Waals surface area contributed by atoms with E-state index >= 15 is 0 Å². The Hall–Kier alpha value is -3.68. The summed E-state index contributed by atoms with van der Waals surface area (Å²) in [6, 6.07) is 13.0. The highest BCUT2D eigenvalue weighted by Gasteiger charge is 2.11. The number of hydrogen-bond donors (Lipinski definition) is 1. The van der Waals surface area contributed by atoms with Crippen LogP contribution >= 0.6 is 0 Å². The van der Waals surface area contributed by atoms with Gasteiger partial charge in [-0.2, -0.15) is 10.2 Å². The van der Waals surface area contributed by atoms with E-state index in [1.54, 1.807) is 48.2 Å². The SMILES string of the molecule is COc1ccc(OCC(=O)N/N=C\c2c(C)nn(-c3ccc(F)cc3)c2C)cc1. The minimum absolute atomic E-state index is 0.170. The van der Waals surface area contributed by atoms with Crippen LogP contribution in [0.15, 0.2) is 53.6 Å². The molecule has 0 bridgehead atoms. The van der Waals surface area contributed by atoms with Crippen molar-refractivity contribution in [1.82, 2.24) is 15.2 Å². The molecule has 1 N–H and O–H groups in total. The molecule has 0 fully saturated rings. The van der Waals surface area contributed by atoms with E-state index in [4.69, 9.17) is 9.47 Å². The number of hydrogen-bond acceptors (Lipinski definition) is 5. The second-order valence-corrected chi connectivity index (χ2v) is 6.23. The molecule has 1 aromatic heterocycles. The van der Waals surface area contributed by atoms with Crippen molar-refractivity contribution in [2.45, 2.75) is 13.8 Å². The van der Waals surface area contributed by atoms with Crippen molar-refractivity contribution in [2.24, 2.45) is 5.10 Å². The molecule has 3 rings (SSSR count). The van der Waals surface area contributed by atoms with Gasteiger partial charge in [-0.25, -0.2) is 14.5 Å². The summed E-state index contributed by atoms with van der Waals surface area (Å²) >= 11 is 0. The zero-order chi connectivity index (χ0) is 20.8. The molecule has 0 saturated carbocycles. The summed E-state index contributed by atoms with van der Waals surface area (Å²) in [5.41, 5.74) is 5.49. The number of aromatic nitrogens is 2. The summed E-state index contributed by atoms with van der Waals surface area (Å²) in [7, 11) is 1.58. The van der Waals surface area contributed by atoms with Gasteiger partial charge in [-0.15, -0.1) is 0 Å². The Morgan fingerprint density at radius 3 is 2.45 bits per heavy atom. The monoisotopic (exact) mass is 396 g/mol. The normalized spacial score (nSPS) is 10.9. The average Bonchev–Trinajstić information content (AvgIpc) is 3.01. The number of rotatable bonds is 7. The van der Waals surface area contributed by atoms with Crippen molar-refractivity contribution in [3.05, 3.63) is 71.3 Å². The highest BCUT2D eigenvalue weighted by atomic mass is 19.1. The van der Waals surface area contributed by atoms with Crippen molar-refractivity contribution in [2.75, 3.05) is 13.7 Å². The first-order chi connectivity index (χ1) is 14.0. The number of nitrogens with one attached hydrogen (secondary N) is 1. The number of hydrazone groups is 1. The predicted molar refractivity (Wildman–Crippen MR) is 107 cm³/mol. The number of aryl methyl sites for hydroxylation is 1. The summed E-state index contributed by atoms with van der Waals surface area (Å²) in [6.07, 6.45) is 1.53. The van der Waals surface area contributed by atoms with Crippen LogP contribution in [0.25, 0.3) is 5.69 Å². The fraction of sp³-hybridized carbons (Fsp3) is 0.190.